The summed E-state index contributed by atoms with van der Waals surface area (Å²) >= 11 is 1.39. The highest BCUT2D eigenvalue weighted by Crippen LogP contribution is 2.06. The van der Waals surface area contributed by atoms with Crippen molar-refractivity contribution in [3.8, 4) is 0 Å². The topological polar surface area (TPSA) is 280 Å². The van der Waals surface area contributed by atoms with E-state index in [9.17, 15) is 38.7 Å². The molecule has 4 atom stereocenters. The van der Waals surface area contributed by atoms with Crippen LogP contribution < -0.4 is 38.9 Å². The molecule has 0 aromatic carbocycles. The lowest BCUT2D eigenvalue weighted by molar-refractivity contribution is -0.142. The third kappa shape index (κ3) is 14.1. The Morgan fingerprint density at radius 2 is 1.06 bits per heavy atom. The first-order valence-electron chi connectivity index (χ1n) is 11.0. The molecule has 0 aromatic rings. The molecule has 12 N–H and O–H groups in total. The van der Waals surface area contributed by atoms with Gasteiger partial charge in [-0.1, -0.05) is 0 Å². The predicted octanol–water partition coefficient (Wildman–Crippen LogP) is -3.60. The van der Waals surface area contributed by atoms with E-state index >= 15 is 0 Å². The fraction of sp³-hybridized carbons (Fsp3) is 0.650. The van der Waals surface area contributed by atoms with Gasteiger partial charge in [0.15, 0.2) is 0 Å². The summed E-state index contributed by atoms with van der Waals surface area (Å²) in [4.78, 5) is 82.7. The van der Waals surface area contributed by atoms with E-state index in [4.69, 9.17) is 22.9 Å². The molecule has 6 amide bonds. The Morgan fingerprint density at radius 1 is 0.667 bits per heavy atom. The molecule has 0 aliphatic heterocycles. The molecule has 0 bridgehead atoms. The quantitative estimate of drug-likeness (QED) is 0.0807. The Balaban J connectivity index is 5.53. The fourth-order valence-electron chi connectivity index (χ4n) is 2.86. The van der Waals surface area contributed by atoms with Gasteiger partial charge >= 0.3 is 5.97 Å². The first-order valence-corrected chi connectivity index (χ1v) is 12.4. The molecule has 15 nitrogen and oxygen atoms in total. The highest BCUT2D eigenvalue weighted by molar-refractivity contribution is 7.98. The van der Waals surface area contributed by atoms with Gasteiger partial charge in [-0.05, 0) is 37.7 Å². The molecule has 0 fully saturated rings. The number of carboxylic acid groups (broad SMARTS) is 1. The highest BCUT2D eigenvalue weighted by atomic mass is 32.2. The van der Waals surface area contributed by atoms with Gasteiger partial charge in [0.25, 0.3) is 0 Å². The Morgan fingerprint density at radius 3 is 1.50 bits per heavy atom. The molecule has 0 saturated heterocycles. The van der Waals surface area contributed by atoms with E-state index in [-0.39, 0.29) is 44.9 Å². The number of primary amides is 3. The van der Waals surface area contributed by atoms with Gasteiger partial charge in [0.2, 0.25) is 35.4 Å². The average Bonchev–Trinajstić information content (AvgIpc) is 2.79. The van der Waals surface area contributed by atoms with Gasteiger partial charge < -0.3 is 44.0 Å². The summed E-state index contributed by atoms with van der Waals surface area (Å²) in [5, 5.41) is 16.4. The molecule has 0 spiro atoms. The average molecular weight is 534 g/mol. The van der Waals surface area contributed by atoms with Crippen LogP contribution in [0.15, 0.2) is 0 Å². The summed E-state index contributed by atoms with van der Waals surface area (Å²) in [6.45, 7) is 0. The van der Waals surface area contributed by atoms with Crippen LogP contribution in [0.25, 0.3) is 0 Å². The zero-order valence-corrected chi connectivity index (χ0v) is 20.8. The van der Waals surface area contributed by atoms with Crippen molar-refractivity contribution in [2.24, 2.45) is 22.9 Å². The molecular formula is C20H35N7O8S. The van der Waals surface area contributed by atoms with Gasteiger partial charge in [-0.25, -0.2) is 4.79 Å². The maximum absolute atomic E-state index is 12.9. The van der Waals surface area contributed by atoms with Crippen LogP contribution in [-0.2, 0) is 33.6 Å². The summed E-state index contributed by atoms with van der Waals surface area (Å²) < 4.78 is 0. The smallest absolute Gasteiger partial charge is 0.326 e. The van der Waals surface area contributed by atoms with Crippen LogP contribution in [0.4, 0.5) is 0 Å². The molecule has 0 aliphatic rings. The Hall–Kier alpha value is -3.40. The van der Waals surface area contributed by atoms with Crippen LogP contribution in [0.2, 0.25) is 0 Å². The van der Waals surface area contributed by atoms with Gasteiger partial charge in [0.1, 0.15) is 18.1 Å². The number of hydrogen-bond acceptors (Lipinski definition) is 9. The van der Waals surface area contributed by atoms with E-state index in [1.165, 1.54) is 11.8 Å². The molecule has 0 saturated carbocycles. The zero-order chi connectivity index (χ0) is 27.8. The van der Waals surface area contributed by atoms with Crippen LogP contribution in [0, 0.1) is 0 Å². The van der Waals surface area contributed by atoms with Crippen LogP contribution in [0.3, 0.4) is 0 Å². The van der Waals surface area contributed by atoms with E-state index in [1.54, 1.807) is 6.26 Å². The lowest BCUT2D eigenvalue weighted by Gasteiger charge is -2.25. The minimum atomic E-state index is -1.48. The number of carbonyl (C=O) groups excluding carboxylic acids is 6. The lowest BCUT2D eigenvalue weighted by Crippen LogP contribution is -2.57. The number of nitrogens with two attached hydrogens (primary N) is 4. The van der Waals surface area contributed by atoms with Crippen molar-refractivity contribution in [2.75, 3.05) is 12.0 Å². The van der Waals surface area contributed by atoms with Gasteiger partial charge in [0, 0.05) is 19.3 Å². The SMILES string of the molecule is CSCCC(NC(=O)C(N)CCC(N)=O)C(=O)NC(CCC(N)=O)C(=O)NC(CCC(N)=O)C(=O)O. The van der Waals surface area contributed by atoms with E-state index in [0.29, 0.717) is 5.75 Å². The summed E-state index contributed by atoms with van der Waals surface area (Å²) in [6, 6.07) is -5.10. The predicted molar refractivity (Wildman–Crippen MR) is 130 cm³/mol. The molecule has 16 heteroatoms. The lowest BCUT2D eigenvalue weighted by atomic mass is 10.1. The van der Waals surface area contributed by atoms with Crippen LogP contribution in [0.5, 0.6) is 0 Å². The second-order valence-corrected chi connectivity index (χ2v) is 8.91. The first-order chi connectivity index (χ1) is 16.8. The molecule has 36 heavy (non-hydrogen) atoms. The third-order valence-electron chi connectivity index (χ3n) is 4.89. The second kappa shape index (κ2) is 17.1. The number of aliphatic carboxylic acids is 1. The van der Waals surface area contributed by atoms with E-state index in [2.05, 4.69) is 16.0 Å². The van der Waals surface area contributed by atoms with Crippen LogP contribution in [-0.4, -0.2) is 82.7 Å². The Labute approximate surface area is 212 Å². The van der Waals surface area contributed by atoms with Crippen LogP contribution >= 0.6 is 11.8 Å². The molecule has 0 aliphatic carbocycles. The van der Waals surface area contributed by atoms with Gasteiger partial charge in [-0.15, -0.1) is 0 Å². The van der Waals surface area contributed by atoms with Crippen molar-refractivity contribution >= 4 is 53.2 Å². The molecule has 0 radical (unpaired) electrons. The normalized spacial score (nSPS) is 13.9. The van der Waals surface area contributed by atoms with E-state index in [0.717, 1.165) is 0 Å². The number of carboxylic acids is 1. The third-order valence-corrected chi connectivity index (χ3v) is 5.53. The van der Waals surface area contributed by atoms with Crippen molar-refractivity contribution in [1.82, 2.24) is 16.0 Å². The molecule has 204 valence electrons. The molecule has 4 unspecified atom stereocenters. The number of nitrogens with one attached hydrogen (secondary N) is 3. The first kappa shape index (κ1) is 32.6. The van der Waals surface area contributed by atoms with Gasteiger partial charge in [-0.2, -0.15) is 11.8 Å². The van der Waals surface area contributed by atoms with Crippen molar-refractivity contribution in [3.63, 3.8) is 0 Å². The van der Waals surface area contributed by atoms with Crippen molar-refractivity contribution in [2.45, 2.75) is 69.1 Å². The molecule has 0 rings (SSSR count). The van der Waals surface area contributed by atoms with Crippen molar-refractivity contribution < 1.29 is 38.7 Å². The molecular weight excluding hydrogens is 498 g/mol. The van der Waals surface area contributed by atoms with Crippen LogP contribution in [0.1, 0.15) is 44.9 Å². The standard InChI is InChI=1S/C20H35N7O8S/c1-36-9-8-12(25-17(31)10(21)2-5-14(22)28)19(33)26-11(3-6-15(23)29)18(32)27-13(20(34)35)4-7-16(24)30/h10-13H,2-9,21H2,1H3,(H2,22,28)(H2,23,29)(H2,24,30)(H,25,31)(H,26,33)(H,27,32)(H,34,35). The largest absolute Gasteiger partial charge is 0.480 e. The minimum absolute atomic E-state index is 0.0381. The summed E-state index contributed by atoms with van der Waals surface area (Å²) in [5.41, 5.74) is 21.0. The van der Waals surface area contributed by atoms with E-state index in [1.807, 2.05) is 0 Å². The van der Waals surface area contributed by atoms with E-state index < -0.39 is 65.6 Å². The number of hydrogen-bond donors (Lipinski definition) is 8. The summed E-state index contributed by atoms with van der Waals surface area (Å²) in [7, 11) is 0. The number of thioether (sulfide) groups is 1. The second-order valence-electron chi connectivity index (χ2n) is 7.92. The maximum Gasteiger partial charge on any atom is 0.326 e. The number of rotatable bonds is 19. The van der Waals surface area contributed by atoms with Gasteiger partial charge in [0.05, 0.1) is 6.04 Å². The van der Waals surface area contributed by atoms with Gasteiger partial charge in [-0.3, -0.25) is 28.8 Å². The Kier molecular flexibility index (Phi) is 15.5. The Bertz CT molecular complexity index is 826. The summed E-state index contributed by atoms with van der Waals surface area (Å²) in [6.07, 6.45) is 0.596. The monoisotopic (exact) mass is 533 g/mol. The number of carbonyl (C=O) groups is 7. The summed E-state index contributed by atoms with van der Waals surface area (Å²) in [5.74, 6) is -5.60. The minimum Gasteiger partial charge on any atom is -0.480 e. The number of amides is 6. The zero-order valence-electron chi connectivity index (χ0n) is 20.0. The van der Waals surface area contributed by atoms with Crippen molar-refractivity contribution in [3.05, 3.63) is 0 Å². The molecule has 0 heterocycles. The maximum atomic E-state index is 12.9. The highest BCUT2D eigenvalue weighted by Gasteiger charge is 2.30. The van der Waals surface area contributed by atoms with Crippen molar-refractivity contribution in [1.29, 1.82) is 0 Å². The molecule has 0 aromatic heterocycles. The fourth-order valence-corrected chi connectivity index (χ4v) is 3.33.